The van der Waals surface area contributed by atoms with E-state index >= 15 is 0 Å². The lowest BCUT2D eigenvalue weighted by Crippen LogP contribution is -2.34. The van der Waals surface area contributed by atoms with Crippen molar-refractivity contribution >= 4 is 17.5 Å². The number of piperidine rings is 1. The first-order valence-electron chi connectivity index (χ1n) is 13.2. The molecule has 0 bridgehead atoms. The van der Waals surface area contributed by atoms with E-state index < -0.39 is 0 Å². The Labute approximate surface area is 221 Å². The molecule has 190 valence electrons. The van der Waals surface area contributed by atoms with Gasteiger partial charge < -0.3 is 9.88 Å². The van der Waals surface area contributed by atoms with Crippen molar-refractivity contribution in [2.24, 2.45) is 0 Å². The van der Waals surface area contributed by atoms with Gasteiger partial charge in [-0.1, -0.05) is 24.3 Å². The SMILES string of the molecule is Cc1[nH]c(C2CCN(c3ncnc4c3C=C(c3ccc(C#N)cc3)CCC4)CC2)nc1-c1cccc(F)c1. The maximum absolute atomic E-state index is 13.8. The first kappa shape index (κ1) is 24.1. The number of nitriles is 1. The zero-order chi connectivity index (χ0) is 26.1. The van der Waals surface area contributed by atoms with Gasteiger partial charge in [-0.05, 0) is 80.5 Å². The number of imidazole rings is 1. The molecule has 1 saturated heterocycles. The molecule has 1 N–H and O–H groups in total. The van der Waals surface area contributed by atoms with Crippen molar-refractivity contribution in [2.75, 3.05) is 18.0 Å². The molecule has 0 amide bonds. The van der Waals surface area contributed by atoms with Gasteiger partial charge in [0, 0.05) is 35.8 Å². The molecule has 38 heavy (non-hydrogen) atoms. The Morgan fingerprint density at radius 3 is 2.61 bits per heavy atom. The van der Waals surface area contributed by atoms with Gasteiger partial charge in [-0.15, -0.1) is 0 Å². The first-order chi connectivity index (χ1) is 18.6. The molecule has 4 aromatic rings. The Hall–Kier alpha value is -4.31. The number of aromatic nitrogens is 4. The van der Waals surface area contributed by atoms with Crippen LogP contribution in [-0.4, -0.2) is 33.0 Å². The van der Waals surface area contributed by atoms with Gasteiger partial charge in [-0.2, -0.15) is 5.26 Å². The third-order valence-corrected chi connectivity index (χ3v) is 7.69. The molecule has 1 aliphatic heterocycles. The number of aromatic amines is 1. The van der Waals surface area contributed by atoms with Crippen molar-refractivity contribution in [1.29, 1.82) is 5.26 Å². The van der Waals surface area contributed by atoms with Crippen molar-refractivity contribution in [3.8, 4) is 17.3 Å². The van der Waals surface area contributed by atoms with Crippen LogP contribution in [0.4, 0.5) is 10.2 Å². The first-order valence-corrected chi connectivity index (χ1v) is 13.2. The van der Waals surface area contributed by atoms with E-state index in [-0.39, 0.29) is 5.82 Å². The van der Waals surface area contributed by atoms with Crippen LogP contribution in [0.3, 0.4) is 0 Å². The quantitative estimate of drug-likeness (QED) is 0.346. The van der Waals surface area contributed by atoms with Crippen LogP contribution in [0, 0.1) is 24.1 Å². The van der Waals surface area contributed by atoms with Crippen molar-refractivity contribution in [2.45, 2.75) is 44.9 Å². The summed E-state index contributed by atoms with van der Waals surface area (Å²) < 4.78 is 13.8. The Morgan fingerprint density at radius 1 is 1.03 bits per heavy atom. The molecule has 2 aliphatic rings. The van der Waals surface area contributed by atoms with Crippen molar-refractivity contribution in [3.63, 3.8) is 0 Å². The van der Waals surface area contributed by atoms with Gasteiger partial charge in [-0.25, -0.2) is 19.3 Å². The Morgan fingerprint density at radius 2 is 1.84 bits per heavy atom. The fourth-order valence-electron chi connectivity index (χ4n) is 5.66. The topological polar surface area (TPSA) is 81.5 Å². The minimum Gasteiger partial charge on any atom is -0.356 e. The largest absolute Gasteiger partial charge is 0.356 e. The Kier molecular flexibility index (Phi) is 6.47. The number of benzene rings is 2. The van der Waals surface area contributed by atoms with Crippen LogP contribution in [0.5, 0.6) is 0 Å². The van der Waals surface area contributed by atoms with E-state index in [9.17, 15) is 4.39 Å². The van der Waals surface area contributed by atoms with Gasteiger partial charge in [0.25, 0.3) is 0 Å². The minimum absolute atomic E-state index is 0.250. The van der Waals surface area contributed by atoms with Crippen LogP contribution in [0.15, 0.2) is 54.9 Å². The molecule has 3 heterocycles. The highest BCUT2D eigenvalue weighted by Crippen LogP contribution is 2.36. The van der Waals surface area contributed by atoms with E-state index in [2.05, 4.69) is 27.0 Å². The highest BCUT2D eigenvalue weighted by Gasteiger charge is 2.27. The fourth-order valence-corrected chi connectivity index (χ4v) is 5.66. The number of allylic oxidation sites excluding steroid dienone is 1. The maximum atomic E-state index is 13.8. The molecule has 0 atom stereocenters. The van der Waals surface area contributed by atoms with E-state index in [4.69, 9.17) is 15.2 Å². The molecule has 7 heteroatoms. The molecule has 6 rings (SSSR count). The lowest BCUT2D eigenvalue weighted by molar-refractivity contribution is 0.485. The van der Waals surface area contributed by atoms with E-state index in [1.54, 1.807) is 12.4 Å². The van der Waals surface area contributed by atoms with Crippen LogP contribution in [0.1, 0.15) is 65.5 Å². The minimum atomic E-state index is -0.250. The molecule has 0 unspecified atom stereocenters. The zero-order valence-electron chi connectivity index (χ0n) is 21.4. The number of hydrogen-bond acceptors (Lipinski definition) is 5. The van der Waals surface area contributed by atoms with Crippen molar-refractivity contribution < 1.29 is 4.39 Å². The summed E-state index contributed by atoms with van der Waals surface area (Å²) in [5, 5.41) is 9.16. The Balaban J connectivity index is 1.23. The highest BCUT2D eigenvalue weighted by atomic mass is 19.1. The zero-order valence-corrected chi connectivity index (χ0v) is 21.4. The van der Waals surface area contributed by atoms with Crippen molar-refractivity contribution in [1.82, 2.24) is 19.9 Å². The lowest BCUT2D eigenvalue weighted by Gasteiger charge is -2.33. The summed E-state index contributed by atoms with van der Waals surface area (Å²) in [5.41, 5.74) is 7.88. The van der Waals surface area contributed by atoms with Crippen LogP contribution < -0.4 is 4.90 Å². The van der Waals surface area contributed by atoms with Crippen LogP contribution in [-0.2, 0) is 6.42 Å². The summed E-state index contributed by atoms with van der Waals surface area (Å²) in [4.78, 5) is 20.1. The molecule has 2 aromatic heterocycles. The molecule has 2 aromatic carbocycles. The molecule has 0 radical (unpaired) electrons. The summed E-state index contributed by atoms with van der Waals surface area (Å²) in [7, 11) is 0. The summed E-state index contributed by atoms with van der Waals surface area (Å²) >= 11 is 0. The monoisotopic (exact) mass is 504 g/mol. The average molecular weight is 505 g/mol. The number of anilines is 1. The van der Waals surface area contributed by atoms with Gasteiger partial charge >= 0.3 is 0 Å². The summed E-state index contributed by atoms with van der Waals surface area (Å²) in [6.07, 6.45) is 8.79. The number of fused-ring (bicyclic) bond motifs is 1. The van der Waals surface area contributed by atoms with Crippen molar-refractivity contribution in [3.05, 3.63) is 94.6 Å². The van der Waals surface area contributed by atoms with E-state index in [0.29, 0.717) is 11.5 Å². The number of aryl methyl sites for hydroxylation is 2. The molecule has 0 spiro atoms. The normalized spacial score (nSPS) is 15.9. The third-order valence-electron chi connectivity index (χ3n) is 7.69. The Bertz CT molecular complexity index is 1540. The van der Waals surface area contributed by atoms with Gasteiger partial charge in [0.05, 0.1) is 23.0 Å². The molecule has 1 aliphatic carbocycles. The second-order valence-electron chi connectivity index (χ2n) is 10.1. The standard InChI is InChI=1S/C31H29FN6/c1-20-29(25-5-2-6-26(32)16-25)37-30(36-20)23-12-14-38(15-13-23)31-27-17-24(4-3-7-28(27)34-19-35-31)22-10-8-21(18-33)9-11-22/h2,5-6,8-11,16-17,19,23H,3-4,7,12-15H2,1H3,(H,36,37). The van der Waals surface area contributed by atoms with Gasteiger partial charge in [0.15, 0.2) is 0 Å². The van der Waals surface area contributed by atoms with E-state index in [0.717, 1.165) is 90.6 Å². The number of H-pyrrole nitrogens is 1. The second-order valence-corrected chi connectivity index (χ2v) is 10.1. The van der Waals surface area contributed by atoms with Crippen LogP contribution >= 0.6 is 0 Å². The highest BCUT2D eigenvalue weighted by molar-refractivity contribution is 5.86. The van der Waals surface area contributed by atoms with Gasteiger partial charge in [0.2, 0.25) is 0 Å². The predicted molar refractivity (Wildman–Crippen MR) is 147 cm³/mol. The van der Waals surface area contributed by atoms with Crippen LogP contribution in [0.2, 0.25) is 0 Å². The third kappa shape index (κ3) is 4.70. The van der Waals surface area contributed by atoms with Gasteiger partial charge in [0.1, 0.15) is 23.8 Å². The molecule has 0 saturated carbocycles. The molecule has 6 nitrogen and oxygen atoms in total. The van der Waals surface area contributed by atoms with E-state index in [1.807, 2.05) is 37.3 Å². The molecular weight excluding hydrogens is 475 g/mol. The number of nitrogens with one attached hydrogen (secondary N) is 1. The fraction of sp³-hybridized carbons (Fsp3) is 0.290. The second kappa shape index (κ2) is 10.2. The summed E-state index contributed by atoms with van der Waals surface area (Å²) in [5.74, 6) is 2.04. The number of nitrogens with zero attached hydrogens (tertiary/aromatic N) is 5. The van der Waals surface area contributed by atoms with Crippen LogP contribution in [0.25, 0.3) is 22.9 Å². The lowest BCUT2D eigenvalue weighted by atomic mass is 9.95. The number of rotatable bonds is 4. The molecule has 1 fully saturated rings. The molecular formula is C31H29FN6. The average Bonchev–Trinajstić information content (AvgIpc) is 3.20. The predicted octanol–water partition coefficient (Wildman–Crippen LogP) is 6.45. The number of halogens is 1. The summed E-state index contributed by atoms with van der Waals surface area (Å²) in [6, 6.07) is 16.7. The van der Waals surface area contributed by atoms with E-state index in [1.165, 1.54) is 17.7 Å². The maximum Gasteiger partial charge on any atom is 0.139 e. The number of hydrogen-bond donors (Lipinski definition) is 1. The summed E-state index contributed by atoms with van der Waals surface area (Å²) in [6.45, 7) is 3.76. The van der Waals surface area contributed by atoms with Gasteiger partial charge in [-0.3, -0.25) is 0 Å². The smallest absolute Gasteiger partial charge is 0.139 e.